The molecule has 0 fully saturated rings. The lowest BCUT2D eigenvalue weighted by molar-refractivity contribution is 0.0699. The first-order chi connectivity index (χ1) is 9.59. The minimum Gasteiger partial charge on any atom is -0.478 e. The smallest absolute Gasteiger partial charge is 0.339 e. The van der Waals surface area contributed by atoms with E-state index in [-0.39, 0.29) is 16.5 Å². The first kappa shape index (κ1) is 12.6. The van der Waals surface area contributed by atoms with Gasteiger partial charge in [-0.1, -0.05) is 11.6 Å². The Morgan fingerprint density at radius 2 is 1.95 bits per heavy atom. The average molecular weight is 291 g/mol. The van der Waals surface area contributed by atoms with Crippen molar-refractivity contribution in [3.63, 3.8) is 0 Å². The number of hydrogen-bond donors (Lipinski definition) is 1. The van der Waals surface area contributed by atoms with Crippen LogP contribution in [0.5, 0.6) is 0 Å². The van der Waals surface area contributed by atoms with E-state index in [0.29, 0.717) is 16.6 Å². The molecule has 3 aromatic rings. The Balaban J connectivity index is 2.38. The molecule has 3 rings (SSSR count). The molecule has 1 aromatic carbocycles. The topological polar surface area (TPSA) is 55.1 Å². The van der Waals surface area contributed by atoms with E-state index in [1.807, 2.05) is 0 Å². The Hall–Kier alpha value is -2.40. The summed E-state index contributed by atoms with van der Waals surface area (Å²) in [6, 6.07) is 7.31. The van der Waals surface area contributed by atoms with Crippen LogP contribution in [0.3, 0.4) is 0 Å². The minimum absolute atomic E-state index is 0.0147. The van der Waals surface area contributed by atoms with Crippen molar-refractivity contribution in [2.45, 2.75) is 0 Å². The number of rotatable bonds is 2. The Bertz CT molecular complexity index is 812. The predicted octanol–water partition coefficient (Wildman–Crippen LogP) is 3.52. The van der Waals surface area contributed by atoms with Crippen LogP contribution in [0.1, 0.15) is 10.4 Å². The summed E-state index contributed by atoms with van der Waals surface area (Å²) in [6.07, 6.45) is 3.00. The van der Waals surface area contributed by atoms with E-state index in [0.717, 1.165) is 0 Å². The Kier molecular flexibility index (Phi) is 2.91. The van der Waals surface area contributed by atoms with Gasteiger partial charge >= 0.3 is 5.97 Å². The van der Waals surface area contributed by atoms with Crippen LogP contribution in [0.15, 0.2) is 42.7 Å². The molecule has 0 saturated heterocycles. The summed E-state index contributed by atoms with van der Waals surface area (Å²) in [6.45, 7) is 0. The molecule has 0 unspecified atom stereocenters. The van der Waals surface area contributed by atoms with Crippen LogP contribution >= 0.6 is 11.6 Å². The molecule has 20 heavy (non-hydrogen) atoms. The maximum atomic E-state index is 13.0. The van der Waals surface area contributed by atoms with Gasteiger partial charge < -0.3 is 5.11 Å². The number of benzene rings is 1. The monoisotopic (exact) mass is 290 g/mol. The van der Waals surface area contributed by atoms with Gasteiger partial charge in [-0.3, -0.25) is 9.55 Å². The number of hydrogen-bond acceptors (Lipinski definition) is 2. The summed E-state index contributed by atoms with van der Waals surface area (Å²) in [5, 5.41) is 9.78. The normalized spacial score (nSPS) is 10.9. The molecule has 0 aliphatic rings. The van der Waals surface area contributed by atoms with Gasteiger partial charge in [-0.25, -0.2) is 9.18 Å². The van der Waals surface area contributed by atoms with Crippen molar-refractivity contribution in [2.75, 3.05) is 0 Å². The SMILES string of the molecule is O=C(O)c1c(Cl)n(-c2ccc(F)cc2)c2ccncc12. The van der Waals surface area contributed by atoms with Gasteiger partial charge in [-0.15, -0.1) is 0 Å². The van der Waals surface area contributed by atoms with E-state index in [4.69, 9.17) is 11.6 Å². The Morgan fingerprint density at radius 1 is 1.25 bits per heavy atom. The van der Waals surface area contributed by atoms with Gasteiger partial charge in [-0.2, -0.15) is 0 Å². The predicted molar refractivity (Wildman–Crippen MR) is 73.0 cm³/mol. The van der Waals surface area contributed by atoms with Crippen LogP contribution in [-0.2, 0) is 0 Å². The zero-order valence-corrected chi connectivity index (χ0v) is 10.8. The van der Waals surface area contributed by atoms with E-state index < -0.39 is 5.97 Å². The van der Waals surface area contributed by atoms with Gasteiger partial charge in [0.1, 0.15) is 16.5 Å². The number of nitrogens with zero attached hydrogens (tertiary/aromatic N) is 2. The fourth-order valence-electron chi connectivity index (χ4n) is 2.15. The van der Waals surface area contributed by atoms with E-state index >= 15 is 0 Å². The van der Waals surface area contributed by atoms with Crippen molar-refractivity contribution in [3.05, 3.63) is 59.3 Å². The lowest BCUT2D eigenvalue weighted by Gasteiger charge is -2.06. The van der Waals surface area contributed by atoms with E-state index in [2.05, 4.69) is 4.98 Å². The summed E-state index contributed by atoms with van der Waals surface area (Å²) in [7, 11) is 0. The van der Waals surface area contributed by atoms with E-state index in [1.165, 1.54) is 30.5 Å². The molecule has 6 heteroatoms. The second-order valence-corrected chi connectivity index (χ2v) is 4.53. The first-order valence-corrected chi connectivity index (χ1v) is 6.10. The Labute approximate surface area is 118 Å². The van der Waals surface area contributed by atoms with Gasteiger partial charge in [0, 0.05) is 23.5 Å². The lowest BCUT2D eigenvalue weighted by atomic mass is 10.2. The van der Waals surface area contributed by atoms with Gasteiger partial charge in [0.05, 0.1) is 5.52 Å². The molecule has 100 valence electrons. The van der Waals surface area contributed by atoms with Gasteiger partial charge in [0.25, 0.3) is 0 Å². The van der Waals surface area contributed by atoms with Crippen molar-refractivity contribution in [1.82, 2.24) is 9.55 Å². The molecule has 0 spiro atoms. The molecule has 0 aliphatic heterocycles. The molecule has 2 heterocycles. The van der Waals surface area contributed by atoms with E-state index in [9.17, 15) is 14.3 Å². The molecular formula is C14H8ClFN2O2. The minimum atomic E-state index is -1.13. The summed E-state index contributed by atoms with van der Waals surface area (Å²) in [4.78, 5) is 15.3. The molecule has 0 aliphatic carbocycles. The highest BCUT2D eigenvalue weighted by molar-refractivity contribution is 6.35. The summed E-state index contributed by atoms with van der Waals surface area (Å²) in [5.41, 5.74) is 1.17. The zero-order chi connectivity index (χ0) is 14.3. The van der Waals surface area contributed by atoms with Crippen molar-refractivity contribution in [3.8, 4) is 5.69 Å². The summed E-state index contributed by atoms with van der Waals surface area (Å²) in [5.74, 6) is -1.50. The highest BCUT2D eigenvalue weighted by Crippen LogP contribution is 2.32. The standard InChI is InChI=1S/C14H8ClFN2O2/c15-13-12(14(19)20)10-7-17-6-5-11(10)18(13)9-3-1-8(16)2-4-9/h1-7H,(H,19,20). The summed E-state index contributed by atoms with van der Waals surface area (Å²) >= 11 is 6.18. The largest absolute Gasteiger partial charge is 0.478 e. The fraction of sp³-hybridized carbons (Fsp3) is 0. The first-order valence-electron chi connectivity index (χ1n) is 5.72. The number of fused-ring (bicyclic) bond motifs is 1. The number of carbonyl (C=O) groups is 1. The fourth-order valence-corrected chi connectivity index (χ4v) is 2.52. The van der Waals surface area contributed by atoms with Crippen molar-refractivity contribution in [1.29, 1.82) is 0 Å². The van der Waals surface area contributed by atoms with Crippen LogP contribution in [0.4, 0.5) is 4.39 Å². The van der Waals surface area contributed by atoms with Crippen LogP contribution < -0.4 is 0 Å². The second-order valence-electron chi connectivity index (χ2n) is 4.18. The van der Waals surface area contributed by atoms with Gasteiger partial charge in [0.15, 0.2) is 0 Å². The van der Waals surface area contributed by atoms with Gasteiger partial charge in [0.2, 0.25) is 0 Å². The molecule has 2 aromatic heterocycles. The molecule has 4 nitrogen and oxygen atoms in total. The number of aromatic carboxylic acids is 1. The van der Waals surface area contributed by atoms with E-state index in [1.54, 1.807) is 16.8 Å². The number of pyridine rings is 1. The molecule has 0 atom stereocenters. The second kappa shape index (κ2) is 4.61. The number of halogens is 2. The number of carboxylic acid groups (broad SMARTS) is 1. The highest BCUT2D eigenvalue weighted by Gasteiger charge is 2.21. The quantitative estimate of drug-likeness (QED) is 0.785. The average Bonchev–Trinajstić information content (AvgIpc) is 2.72. The molecule has 0 bridgehead atoms. The van der Waals surface area contributed by atoms with Crippen LogP contribution in [0.2, 0.25) is 5.15 Å². The van der Waals surface area contributed by atoms with Crippen LogP contribution in [0.25, 0.3) is 16.6 Å². The third-order valence-corrected chi connectivity index (χ3v) is 3.37. The third-order valence-electron chi connectivity index (χ3n) is 3.01. The third kappa shape index (κ3) is 1.83. The van der Waals surface area contributed by atoms with Crippen molar-refractivity contribution >= 4 is 28.5 Å². The molecule has 1 N–H and O–H groups in total. The maximum absolute atomic E-state index is 13.0. The molecule has 0 radical (unpaired) electrons. The number of aromatic nitrogens is 2. The zero-order valence-electron chi connectivity index (χ0n) is 10.0. The van der Waals surface area contributed by atoms with Crippen molar-refractivity contribution < 1.29 is 14.3 Å². The van der Waals surface area contributed by atoms with Gasteiger partial charge in [-0.05, 0) is 30.3 Å². The molecule has 0 amide bonds. The van der Waals surface area contributed by atoms with Crippen LogP contribution in [0, 0.1) is 5.82 Å². The Morgan fingerprint density at radius 3 is 2.60 bits per heavy atom. The van der Waals surface area contributed by atoms with Crippen LogP contribution in [-0.4, -0.2) is 20.6 Å². The molecule has 0 saturated carbocycles. The molecular weight excluding hydrogens is 283 g/mol. The highest BCUT2D eigenvalue weighted by atomic mass is 35.5. The lowest BCUT2D eigenvalue weighted by Crippen LogP contribution is -1.98. The summed E-state index contributed by atoms with van der Waals surface area (Å²) < 4.78 is 14.6. The number of carboxylic acids is 1. The maximum Gasteiger partial charge on any atom is 0.339 e. The van der Waals surface area contributed by atoms with Crippen molar-refractivity contribution in [2.24, 2.45) is 0 Å².